The van der Waals surface area contributed by atoms with E-state index in [2.05, 4.69) is 5.32 Å². The number of benzene rings is 1. The lowest BCUT2D eigenvalue weighted by molar-refractivity contribution is 0.170. The Hall–Kier alpha value is -0.600. The van der Waals surface area contributed by atoms with E-state index >= 15 is 0 Å². The third-order valence-corrected chi connectivity index (χ3v) is 4.68. The normalized spacial score (nSPS) is 27.0. The fourth-order valence-corrected chi connectivity index (χ4v) is 2.96. The van der Waals surface area contributed by atoms with Crippen LogP contribution >= 0.6 is 11.6 Å². The first-order chi connectivity index (χ1) is 8.72. The van der Waals surface area contributed by atoms with Gasteiger partial charge in [0, 0.05) is 11.1 Å². The van der Waals surface area contributed by atoms with Gasteiger partial charge in [-0.25, -0.2) is 4.39 Å². The Labute approximate surface area is 113 Å². The second-order valence-electron chi connectivity index (χ2n) is 5.72. The molecule has 2 unspecified atom stereocenters. The monoisotopic (exact) mass is 267 g/mol. The molecular formula is C15H19ClFN. The molecule has 3 heteroatoms. The van der Waals surface area contributed by atoms with E-state index in [4.69, 9.17) is 11.6 Å². The van der Waals surface area contributed by atoms with E-state index < -0.39 is 0 Å². The van der Waals surface area contributed by atoms with Crippen LogP contribution in [0.4, 0.5) is 4.39 Å². The van der Waals surface area contributed by atoms with E-state index in [1.807, 2.05) is 0 Å². The third-order valence-electron chi connectivity index (χ3n) is 4.31. The van der Waals surface area contributed by atoms with Crippen molar-refractivity contribution in [1.82, 2.24) is 5.32 Å². The maximum Gasteiger partial charge on any atom is 0.123 e. The molecule has 3 rings (SSSR count). The zero-order valence-corrected chi connectivity index (χ0v) is 11.2. The summed E-state index contributed by atoms with van der Waals surface area (Å²) in [5.74, 6) is 1.25. The molecule has 0 saturated heterocycles. The van der Waals surface area contributed by atoms with Crippen molar-refractivity contribution in [3.8, 4) is 0 Å². The van der Waals surface area contributed by atoms with Crippen molar-refractivity contribution in [2.75, 3.05) is 6.54 Å². The highest BCUT2D eigenvalue weighted by atomic mass is 35.5. The molecule has 2 fully saturated rings. The van der Waals surface area contributed by atoms with E-state index in [9.17, 15) is 4.39 Å². The first kappa shape index (κ1) is 12.4. The van der Waals surface area contributed by atoms with Crippen molar-refractivity contribution < 1.29 is 4.39 Å². The minimum atomic E-state index is -0.179. The second-order valence-corrected chi connectivity index (χ2v) is 6.13. The Morgan fingerprint density at radius 3 is 2.61 bits per heavy atom. The van der Waals surface area contributed by atoms with Gasteiger partial charge in [0.15, 0.2) is 0 Å². The number of hydrogen-bond acceptors (Lipinski definition) is 1. The maximum absolute atomic E-state index is 13.2. The zero-order chi connectivity index (χ0) is 12.5. The van der Waals surface area contributed by atoms with Gasteiger partial charge in [-0.1, -0.05) is 11.6 Å². The Morgan fingerprint density at radius 1 is 1.17 bits per heavy atom. The Kier molecular flexibility index (Phi) is 3.58. The lowest BCUT2D eigenvalue weighted by atomic mass is 9.70. The van der Waals surface area contributed by atoms with Crippen molar-refractivity contribution in [2.45, 2.75) is 38.1 Å². The molecule has 0 aromatic heterocycles. The molecule has 98 valence electrons. The van der Waals surface area contributed by atoms with E-state index in [-0.39, 0.29) is 5.82 Å². The molecule has 18 heavy (non-hydrogen) atoms. The SMILES string of the molecule is Fc1ccc(Cl)c(CC2CCC2CNC2CC2)c1. The van der Waals surface area contributed by atoms with Crippen LogP contribution in [0, 0.1) is 17.7 Å². The molecule has 2 aliphatic rings. The zero-order valence-electron chi connectivity index (χ0n) is 10.5. The lowest BCUT2D eigenvalue weighted by Gasteiger charge is -2.37. The average Bonchev–Trinajstić information content (AvgIpc) is 3.13. The summed E-state index contributed by atoms with van der Waals surface area (Å²) in [7, 11) is 0. The van der Waals surface area contributed by atoms with Gasteiger partial charge in [0.2, 0.25) is 0 Å². The van der Waals surface area contributed by atoms with E-state index in [0.29, 0.717) is 10.9 Å². The summed E-state index contributed by atoms with van der Waals surface area (Å²) in [6.45, 7) is 1.13. The number of halogens is 2. The summed E-state index contributed by atoms with van der Waals surface area (Å²) in [5.41, 5.74) is 0.970. The molecule has 2 saturated carbocycles. The summed E-state index contributed by atoms with van der Waals surface area (Å²) < 4.78 is 13.2. The van der Waals surface area contributed by atoms with Gasteiger partial charge in [-0.3, -0.25) is 0 Å². The molecule has 0 spiro atoms. The quantitative estimate of drug-likeness (QED) is 0.856. The Morgan fingerprint density at radius 2 is 1.94 bits per heavy atom. The van der Waals surface area contributed by atoms with E-state index in [1.165, 1.54) is 31.7 Å². The highest BCUT2D eigenvalue weighted by Gasteiger charge is 2.32. The Balaban J connectivity index is 1.56. The van der Waals surface area contributed by atoms with Crippen LogP contribution in [-0.2, 0) is 6.42 Å². The van der Waals surface area contributed by atoms with Gasteiger partial charge in [-0.15, -0.1) is 0 Å². The van der Waals surface area contributed by atoms with E-state index in [0.717, 1.165) is 30.5 Å². The summed E-state index contributed by atoms with van der Waals surface area (Å²) in [5, 5.41) is 4.30. The molecule has 0 aliphatic heterocycles. The smallest absolute Gasteiger partial charge is 0.123 e. The number of nitrogens with one attached hydrogen (secondary N) is 1. The van der Waals surface area contributed by atoms with Gasteiger partial charge in [0.25, 0.3) is 0 Å². The molecule has 0 amide bonds. The van der Waals surface area contributed by atoms with Crippen LogP contribution in [0.25, 0.3) is 0 Å². The fraction of sp³-hybridized carbons (Fsp3) is 0.600. The van der Waals surface area contributed by atoms with Crippen molar-refractivity contribution in [1.29, 1.82) is 0 Å². The minimum absolute atomic E-state index is 0.179. The van der Waals surface area contributed by atoms with Crippen LogP contribution in [0.3, 0.4) is 0 Å². The largest absolute Gasteiger partial charge is 0.314 e. The molecule has 0 heterocycles. The highest BCUT2D eigenvalue weighted by Crippen LogP contribution is 2.38. The molecule has 1 nitrogen and oxygen atoms in total. The van der Waals surface area contributed by atoms with Gasteiger partial charge < -0.3 is 5.32 Å². The standard InChI is InChI=1S/C15H19ClFN/c16-15-6-3-13(17)8-12(15)7-10-1-2-11(10)9-18-14-4-5-14/h3,6,8,10-11,14,18H,1-2,4-5,7,9H2. The third kappa shape index (κ3) is 2.86. The van der Waals surface area contributed by atoms with Crippen molar-refractivity contribution in [3.05, 3.63) is 34.6 Å². The summed E-state index contributed by atoms with van der Waals surface area (Å²) in [4.78, 5) is 0. The molecule has 1 aromatic carbocycles. The van der Waals surface area contributed by atoms with Crippen molar-refractivity contribution in [2.24, 2.45) is 11.8 Å². The maximum atomic E-state index is 13.2. The molecule has 0 bridgehead atoms. The molecule has 1 N–H and O–H groups in total. The van der Waals surface area contributed by atoms with Crippen LogP contribution in [0.15, 0.2) is 18.2 Å². The fourth-order valence-electron chi connectivity index (χ4n) is 2.76. The molecule has 0 radical (unpaired) electrons. The molecule has 1 aromatic rings. The molecule has 2 atom stereocenters. The van der Waals surface area contributed by atoms with Gasteiger partial charge in [0.05, 0.1) is 0 Å². The summed E-state index contributed by atoms with van der Waals surface area (Å²) in [6.07, 6.45) is 6.16. The van der Waals surface area contributed by atoms with Crippen LogP contribution in [0.1, 0.15) is 31.2 Å². The Bertz CT molecular complexity index is 431. The van der Waals surface area contributed by atoms with E-state index in [1.54, 1.807) is 12.1 Å². The predicted octanol–water partition coefficient (Wildman–Crippen LogP) is 3.80. The van der Waals surface area contributed by atoms with Gasteiger partial charge in [-0.2, -0.15) is 0 Å². The van der Waals surface area contributed by atoms with Crippen molar-refractivity contribution in [3.63, 3.8) is 0 Å². The first-order valence-electron chi connectivity index (χ1n) is 6.89. The second kappa shape index (κ2) is 5.18. The predicted molar refractivity (Wildman–Crippen MR) is 72.4 cm³/mol. The molecule has 2 aliphatic carbocycles. The van der Waals surface area contributed by atoms with Crippen LogP contribution in [0.5, 0.6) is 0 Å². The topological polar surface area (TPSA) is 12.0 Å². The summed E-state index contributed by atoms with van der Waals surface area (Å²) >= 11 is 6.12. The summed E-state index contributed by atoms with van der Waals surface area (Å²) in [6, 6.07) is 5.47. The van der Waals surface area contributed by atoms with Gasteiger partial charge >= 0.3 is 0 Å². The highest BCUT2D eigenvalue weighted by molar-refractivity contribution is 6.31. The molecular weight excluding hydrogens is 249 g/mol. The van der Waals surface area contributed by atoms with Gasteiger partial charge in [-0.05, 0) is 74.2 Å². The van der Waals surface area contributed by atoms with Crippen LogP contribution < -0.4 is 5.32 Å². The van der Waals surface area contributed by atoms with Crippen molar-refractivity contribution >= 4 is 11.6 Å². The van der Waals surface area contributed by atoms with Crippen LogP contribution in [-0.4, -0.2) is 12.6 Å². The van der Waals surface area contributed by atoms with Gasteiger partial charge in [0.1, 0.15) is 5.82 Å². The number of rotatable bonds is 5. The number of hydrogen-bond donors (Lipinski definition) is 1. The minimum Gasteiger partial charge on any atom is -0.314 e. The first-order valence-corrected chi connectivity index (χ1v) is 7.27. The average molecular weight is 268 g/mol. The lowest BCUT2D eigenvalue weighted by Crippen LogP contribution is -2.37. The van der Waals surface area contributed by atoms with Crippen LogP contribution in [0.2, 0.25) is 5.02 Å².